The highest BCUT2D eigenvalue weighted by Gasteiger charge is 2.26. The maximum atomic E-state index is 11.8. The Labute approximate surface area is 122 Å². The zero-order valence-corrected chi connectivity index (χ0v) is 13.0. The fourth-order valence-corrected chi connectivity index (χ4v) is 4.53. The lowest BCUT2D eigenvalue weighted by Gasteiger charge is -2.29. The molecule has 1 aromatic rings. The van der Waals surface area contributed by atoms with Crippen LogP contribution < -0.4 is 5.32 Å². The van der Waals surface area contributed by atoms with E-state index in [1.165, 1.54) is 5.56 Å². The quantitative estimate of drug-likeness (QED) is 0.877. The summed E-state index contributed by atoms with van der Waals surface area (Å²) in [5.74, 6) is 0.651. The van der Waals surface area contributed by atoms with Gasteiger partial charge in [-0.2, -0.15) is 0 Å². The number of hydrogen-bond acceptors (Lipinski definition) is 3. The average molecular weight is 295 g/mol. The topological polar surface area (TPSA) is 46.2 Å². The summed E-state index contributed by atoms with van der Waals surface area (Å²) in [5, 5.41) is 3.58. The van der Waals surface area contributed by atoms with Crippen molar-refractivity contribution in [1.82, 2.24) is 5.32 Å². The molecule has 3 nitrogen and oxygen atoms in total. The Morgan fingerprint density at radius 1 is 1.30 bits per heavy atom. The molecule has 4 heteroatoms. The van der Waals surface area contributed by atoms with Crippen LogP contribution in [0.15, 0.2) is 30.3 Å². The summed E-state index contributed by atoms with van der Waals surface area (Å²) < 4.78 is 23.5. The molecule has 20 heavy (non-hydrogen) atoms. The van der Waals surface area contributed by atoms with Crippen LogP contribution in [0.2, 0.25) is 0 Å². The maximum Gasteiger partial charge on any atom is 0.151 e. The van der Waals surface area contributed by atoms with Crippen LogP contribution in [-0.2, 0) is 9.84 Å². The minimum absolute atomic E-state index is 0.107. The van der Waals surface area contributed by atoms with Crippen LogP contribution in [0, 0.1) is 0 Å². The number of nitrogens with one attached hydrogen (secondary N) is 1. The summed E-state index contributed by atoms with van der Waals surface area (Å²) in [6.07, 6.45) is 5.14. The van der Waals surface area contributed by atoms with Crippen LogP contribution in [0.5, 0.6) is 0 Å². The second-order valence-electron chi connectivity index (χ2n) is 5.73. The molecule has 0 saturated carbocycles. The van der Waals surface area contributed by atoms with E-state index in [1.807, 2.05) is 18.2 Å². The molecule has 1 saturated heterocycles. The van der Waals surface area contributed by atoms with Crippen molar-refractivity contribution < 1.29 is 8.42 Å². The van der Waals surface area contributed by atoms with Gasteiger partial charge in [0.15, 0.2) is 9.84 Å². The van der Waals surface area contributed by atoms with Crippen molar-refractivity contribution in [3.63, 3.8) is 0 Å². The number of unbranched alkanes of at least 4 members (excludes halogenated alkanes) is 1. The molecule has 1 fully saturated rings. The van der Waals surface area contributed by atoms with E-state index < -0.39 is 9.84 Å². The summed E-state index contributed by atoms with van der Waals surface area (Å²) in [5.41, 5.74) is 1.27. The molecule has 1 aliphatic rings. The normalized spacial score (nSPS) is 23.4. The highest BCUT2D eigenvalue weighted by molar-refractivity contribution is 7.91. The third kappa shape index (κ3) is 4.60. The van der Waals surface area contributed by atoms with E-state index in [0.717, 1.165) is 32.1 Å². The van der Waals surface area contributed by atoms with Crippen molar-refractivity contribution in [1.29, 1.82) is 0 Å². The molecular formula is C16H25NO2S. The molecule has 0 bridgehead atoms. The van der Waals surface area contributed by atoms with Gasteiger partial charge in [0, 0.05) is 12.1 Å². The fraction of sp³-hybridized carbons (Fsp3) is 0.625. The summed E-state index contributed by atoms with van der Waals surface area (Å²) >= 11 is 0. The molecule has 1 N–H and O–H groups in total. The first kappa shape index (κ1) is 15.5. The van der Waals surface area contributed by atoms with Crippen LogP contribution in [0.3, 0.4) is 0 Å². The fourth-order valence-electron chi connectivity index (χ4n) is 2.88. The van der Waals surface area contributed by atoms with Crippen molar-refractivity contribution in [3.8, 4) is 0 Å². The summed E-state index contributed by atoms with van der Waals surface area (Å²) in [7, 11) is -2.84. The van der Waals surface area contributed by atoms with Crippen LogP contribution in [0.4, 0.5) is 0 Å². The Balaban J connectivity index is 2.04. The number of rotatable bonds is 6. The van der Waals surface area contributed by atoms with Crippen LogP contribution >= 0.6 is 0 Å². The van der Waals surface area contributed by atoms with Crippen molar-refractivity contribution in [2.24, 2.45) is 0 Å². The summed E-state index contributed by atoms with van der Waals surface area (Å²) in [6, 6.07) is 10.8. The zero-order chi connectivity index (χ0) is 14.4. The lowest BCUT2D eigenvalue weighted by molar-refractivity contribution is 0.398. The van der Waals surface area contributed by atoms with E-state index >= 15 is 0 Å². The van der Waals surface area contributed by atoms with E-state index in [2.05, 4.69) is 24.4 Å². The first-order valence-electron chi connectivity index (χ1n) is 7.62. The molecule has 0 aliphatic carbocycles. The molecule has 0 aromatic heterocycles. The Kier molecular flexibility index (Phi) is 5.61. The van der Waals surface area contributed by atoms with Crippen molar-refractivity contribution in [2.75, 3.05) is 11.5 Å². The molecule has 2 unspecified atom stereocenters. The molecule has 0 radical (unpaired) electrons. The molecule has 1 aromatic carbocycles. The largest absolute Gasteiger partial charge is 0.306 e. The second-order valence-corrected chi connectivity index (χ2v) is 7.95. The van der Waals surface area contributed by atoms with Crippen LogP contribution in [-0.4, -0.2) is 26.0 Å². The van der Waals surface area contributed by atoms with Gasteiger partial charge in [-0.3, -0.25) is 0 Å². The van der Waals surface area contributed by atoms with Crippen molar-refractivity contribution >= 4 is 9.84 Å². The van der Waals surface area contributed by atoms with E-state index in [0.29, 0.717) is 11.5 Å². The highest BCUT2D eigenvalue weighted by Crippen LogP contribution is 2.22. The van der Waals surface area contributed by atoms with Gasteiger partial charge in [-0.1, -0.05) is 50.1 Å². The maximum absolute atomic E-state index is 11.8. The minimum Gasteiger partial charge on any atom is -0.306 e. The molecule has 2 rings (SSSR count). The van der Waals surface area contributed by atoms with Gasteiger partial charge in [0.25, 0.3) is 0 Å². The van der Waals surface area contributed by atoms with Gasteiger partial charge in [-0.05, 0) is 24.8 Å². The number of hydrogen-bond donors (Lipinski definition) is 1. The van der Waals surface area contributed by atoms with Gasteiger partial charge in [-0.15, -0.1) is 0 Å². The Morgan fingerprint density at radius 3 is 2.70 bits per heavy atom. The van der Waals surface area contributed by atoms with E-state index in [-0.39, 0.29) is 12.1 Å². The SMILES string of the molecule is CCCCC(NC1CCCS(=O)(=O)C1)c1ccccc1. The van der Waals surface area contributed by atoms with Crippen LogP contribution in [0.1, 0.15) is 50.6 Å². The molecule has 2 atom stereocenters. The van der Waals surface area contributed by atoms with E-state index in [9.17, 15) is 8.42 Å². The predicted octanol–water partition coefficient (Wildman–Crippen LogP) is 3.08. The summed E-state index contributed by atoms with van der Waals surface area (Å²) in [4.78, 5) is 0. The predicted molar refractivity (Wildman–Crippen MR) is 83.5 cm³/mol. The lowest BCUT2D eigenvalue weighted by atomic mass is 9.99. The van der Waals surface area contributed by atoms with Gasteiger partial charge >= 0.3 is 0 Å². The van der Waals surface area contributed by atoms with Crippen molar-refractivity contribution in [2.45, 2.75) is 51.1 Å². The highest BCUT2D eigenvalue weighted by atomic mass is 32.2. The molecule has 0 spiro atoms. The lowest BCUT2D eigenvalue weighted by Crippen LogP contribution is -2.42. The first-order chi connectivity index (χ1) is 9.61. The third-order valence-corrected chi connectivity index (χ3v) is 5.77. The Hall–Kier alpha value is -0.870. The van der Waals surface area contributed by atoms with Gasteiger partial charge in [0.1, 0.15) is 0 Å². The third-order valence-electron chi connectivity index (χ3n) is 3.95. The first-order valence-corrected chi connectivity index (χ1v) is 9.44. The van der Waals surface area contributed by atoms with E-state index in [1.54, 1.807) is 0 Å². The van der Waals surface area contributed by atoms with Gasteiger partial charge in [0.05, 0.1) is 11.5 Å². The molecular weight excluding hydrogens is 270 g/mol. The Bertz CT molecular complexity index is 498. The Morgan fingerprint density at radius 2 is 2.05 bits per heavy atom. The minimum atomic E-state index is -2.84. The standard InChI is InChI=1S/C16H25NO2S/c1-2-3-11-16(14-8-5-4-6-9-14)17-15-10-7-12-20(18,19)13-15/h4-6,8-9,15-17H,2-3,7,10-13H2,1H3. The monoisotopic (exact) mass is 295 g/mol. The second kappa shape index (κ2) is 7.23. The van der Waals surface area contributed by atoms with E-state index in [4.69, 9.17) is 0 Å². The number of sulfone groups is 1. The van der Waals surface area contributed by atoms with Gasteiger partial charge < -0.3 is 5.32 Å². The summed E-state index contributed by atoms with van der Waals surface area (Å²) in [6.45, 7) is 2.19. The zero-order valence-electron chi connectivity index (χ0n) is 12.2. The average Bonchev–Trinajstić information content (AvgIpc) is 2.43. The number of benzene rings is 1. The van der Waals surface area contributed by atoms with Crippen molar-refractivity contribution in [3.05, 3.63) is 35.9 Å². The molecule has 1 heterocycles. The molecule has 1 aliphatic heterocycles. The van der Waals surface area contributed by atoms with Crippen LogP contribution in [0.25, 0.3) is 0 Å². The smallest absolute Gasteiger partial charge is 0.151 e. The van der Waals surface area contributed by atoms with Gasteiger partial charge in [-0.25, -0.2) is 8.42 Å². The molecule has 0 amide bonds. The van der Waals surface area contributed by atoms with Gasteiger partial charge in [0.2, 0.25) is 0 Å². The molecule has 112 valence electrons.